The number of hydrogen-bond acceptors (Lipinski definition) is 5. The number of para-hydroxylation sites is 1. The zero-order valence-corrected chi connectivity index (χ0v) is 13.7. The fourth-order valence-electron chi connectivity index (χ4n) is 3.26. The van der Waals surface area contributed by atoms with Crippen LogP contribution in [0.25, 0.3) is 5.65 Å². The fraction of sp³-hybridized carbons (Fsp3) is 0.389. The third-order valence-electron chi connectivity index (χ3n) is 4.56. The second kappa shape index (κ2) is 6.86. The molecule has 1 aliphatic carbocycles. The molecule has 6 heteroatoms. The maximum absolute atomic E-state index is 4.62. The van der Waals surface area contributed by atoms with Crippen LogP contribution in [-0.4, -0.2) is 26.1 Å². The van der Waals surface area contributed by atoms with Gasteiger partial charge < -0.3 is 10.6 Å². The van der Waals surface area contributed by atoms with E-state index in [9.17, 15) is 0 Å². The highest BCUT2D eigenvalue weighted by molar-refractivity contribution is 5.57. The molecule has 1 saturated carbocycles. The molecular weight excluding hydrogens is 300 g/mol. The number of aromatic nitrogens is 4. The molecule has 1 aromatic carbocycles. The Kier molecular flexibility index (Phi) is 4.27. The Balaban J connectivity index is 1.55. The minimum absolute atomic E-state index is 0.659. The summed E-state index contributed by atoms with van der Waals surface area (Å²) in [5.74, 6) is 2.06. The van der Waals surface area contributed by atoms with Gasteiger partial charge in [-0.3, -0.25) is 0 Å². The molecule has 2 N–H and O–H groups in total. The Morgan fingerprint density at radius 2 is 1.83 bits per heavy atom. The van der Waals surface area contributed by atoms with Gasteiger partial charge in [0, 0.05) is 18.3 Å². The molecule has 0 radical (unpaired) electrons. The van der Waals surface area contributed by atoms with Crippen molar-refractivity contribution in [3.05, 3.63) is 42.6 Å². The van der Waals surface area contributed by atoms with Gasteiger partial charge in [-0.2, -0.15) is 19.6 Å². The van der Waals surface area contributed by atoms with Crippen LogP contribution in [0.5, 0.6) is 0 Å². The normalized spacial score (nSPS) is 15.5. The van der Waals surface area contributed by atoms with Crippen LogP contribution in [0.15, 0.2) is 42.6 Å². The predicted octanol–water partition coefficient (Wildman–Crippen LogP) is 3.86. The maximum Gasteiger partial charge on any atom is 0.233 e. The van der Waals surface area contributed by atoms with Gasteiger partial charge in [0.1, 0.15) is 0 Å². The smallest absolute Gasteiger partial charge is 0.233 e. The quantitative estimate of drug-likeness (QED) is 0.746. The monoisotopic (exact) mass is 322 g/mol. The molecule has 124 valence electrons. The first-order chi connectivity index (χ1) is 11.9. The molecule has 0 saturated heterocycles. The van der Waals surface area contributed by atoms with Crippen LogP contribution in [0.1, 0.15) is 32.1 Å². The van der Waals surface area contributed by atoms with Crippen LogP contribution in [0.3, 0.4) is 0 Å². The molecule has 2 aromatic heterocycles. The van der Waals surface area contributed by atoms with Gasteiger partial charge in [-0.15, -0.1) is 0 Å². The largest absolute Gasteiger partial charge is 0.354 e. The van der Waals surface area contributed by atoms with Crippen LogP contribution >= 0.6 is 0 Å². The van der Waals surface area contributed by atoms with Crippen molar-refractivity contribution in [3.8, 4) is 0 Å². The first-order valence-electron chi connectivity index (χ1n) is 8.66. The van der Waals surface area contributed by atoms with Crippen LogP contribution in [0, 0.1) is 5.92 Å². The molecule has 2 heterocycles. The summed E-state index contributed by atoms with van der Waals surface area (Å²) in [6, 6.07) is 11.9. The molecule has 4 rings (SSSR count). The van der Waals surface area contributed by atoms with Gasteiger partial charge >= 0.3 is 0 Å². The average molecular weight is 322 g/mol. The molecule has 0 atom stereocenters. The van der Waals surface area contributed by atoms with Gasteiger partial charge in [0.2, 0.25) is 11.9 Å². The number of anilines is 3. The van der Waals surface area contributed by atoms with Crippen LogP contribution in [-0.2, 0) is 0 Å². The van der Waals surface area contributed by atoms with E-state index in [1.807, 2.05) is 36.4 Å². The zero-order valence-electron chi connectivity index (χ0n) is 13.7. The highest BCUT2D eigenvalue weighted by atomic mass is 15.4. The van der Waals surface area contributed by atoms with Crippen molar-refractivity contribution in [1.82, 2.24) is 19.6 Å². The van der Waals surface area contributed by atoms with E-state index in [4.69, 9.17) is 0 Å². The van der Waals surface area contributed by atoms with E-state index < -0.39 is 0 Å². The summed E-state index contributed by atoms with van der Waals surface area (Å²) in [6.07, 6.45) is 8.41. The zero-order chi connectivity index (χ0) is 16.2. The highest BCUT2D eigenvalue weighted by Crippen LogP contribution is 2.24. The second-order valence-electron chi connectivity index (χ2n) is 6.35. The number of hydrogen-bond donors (Lipinski definition) is 2. The summed E-state index contributed by atoms with van der Waals surface area (Å²) >= 11 is 0. The number of nitrogens with one attached hydrogen (secondary N) is 2. The van der Waals surface area contributed by atoms with E-state index in [0.717, 1.165) is 23.8 Å². The van der Waals surface area contributed by atoms with E-state index >= 15 is 0 Å². The molecule has 0 spiro atoms. The van der Waals surface area contributed by atoms with Gasteiger partial charge in [0.25, 0.3) is 0 Å². The molecule has 3 aromatic rings. The topological polar surface area (TPSA) is 67.1 Å². The molecule has 0 unspecified atom stereocenters. The summed E-state index contributed by atoms with van der Waals surface area (Å²) in [6.45, 7) is 0.940. The van der Waals surface area contributed by atoms with Crippen molar-refractivity contribution in [2.45, 2.75) is 32.1 Å². The van der Waals surface area contributed by atoms with E-state index in [0.29, 0.717) is 11.9 Å². The summed E-state index contributed by atoms with van der Waals surface area (Å²) in [4.78, 5) is 9.18. The SMILES string of the molecule is c1ccc(Nc2nc(NCC3CCCCC3)nc3ccnn23)cc1. The Labute approximate surface area is 141 Å². The Bertz CT molecular complexity index is 792. The Morgan fingerprint density at radius 3 is 2.67 bits per heavy atom. The first kappa shape index (κ1) is 14.9. The lowest BCUT2D eigenvalue weighted by Gasteiger charge is -2.21. The van der Waals surface area contributed by atoms with Crippen molar-refractivity contribution >= 4 is 23.2 Å². The van der Waals surface area contributed by atoms with E-state index in [1.165, 1.54) is 32.1 Å². The van der Waals surface area contributed by atoms with Crippen molar-refractivity contribution in [3.63, 3.8) is 0 Å². The lowest BCUT2D eigenvalue weighted by atomic mass is 9.89. The number of nitrogens with zero attached hydrogens (tertiary/aromatic N) is 4. The molecule has 1 fully saturated rings. The summed E-state index contributed by atoms with van der Waals surface area (Å²) in [5, 5.41) is 11.0. The van der Waals surface area contributed by atoms with Crippen molar-refractivity contribution in [2.75, 3.05) is 17.2 Å². The maximum atomic E-state index is 4.62. The first-order valence-corrected chi connectivity index (χ1v) is 8.66. The summed E-state index contributed by atoms with van der Waals surface area (Å²) in [5.41, 5.74) is 1.76. The molecule has 0 aliphatic heterocycles. The van der Waals surface area contributed by atoms with Crippen molar-refractivity contribution < 1.29 is 0 Å². The summed E-state index contributed by atoms with van der Waals surface area (Å²) in [7, 11) is 0. The van der Waals surface area contributed by atoms with E-state index in [-0.39, 0.29) is 0 Å². The predicted molar refractivity (Wildman–Crippen MR) is 95.6 cm³/mol. The third kappa shape index (κ3) is 3.32. The second-order valence-corrected chi connectivity index (χ2v) is 6.35. The van der Waals surface area contributed by atoms with Crippen molar-refractivity contribution in [1.29, 1.82) is 0 Å². The lowest BCUT2D eigenvalue weighted by Crippen LogP contribution is -2.19. The van der Waals surface area contributed by atoms with E-state index in [2.05, 4.69) is 25.7 Å². The van der Waals surface area contributed by atoms with Crippen LogP contribution in [0.2, 0.25) is 0 Å². The Morgan fingerprint density at radius 1 is 1.00 bits per heavy atom. The molecule has 1 aliphatic rings. The minimum Gasteiger partial charge on any atom is -0.354 e. The van der Waals surface area contributed by atoms with Gasteiger partial charge in [0.05, 0.1) is 6.20 Å². The van der Waals surface area contributed by atoms with Gasteiger partial charge in [0.15, 0.2) is 5.65 Å². The molecule has 6 nitrogen and oxygen atoms in total. The van der Waals surface area contributed by atoms with Crippen molar-refractivity contribution in [2.24, 2.45) is 5.92 Å². The average Bonchev–Trinajstić information content (AvgIpc) is 3.11. The lowest BCUT2D eigenvalue weighted by molar-refractivity contribution is 0.373. The standard InChI is InChI=1S/C18H22N6/c1-3-7-14(8-4-1)13-19-17-22-16-11-12-20-24(16)18(23-17)21-15-9-5-2-6-10-15/h2,5-6,9-12,14H,1,3-4,7-8,13H2,(H2,19,21,22,23). The number of rotatable bonds is 5. The fourth-order valence-corrected chi connectivity index (χ4v) is 3.26. The minimum atomic E-state index is 0.659. The number of benzene rings is 1. The van der Waals surface area contributed by atoms with Gasteiger partial charge in [-0.25, -0.2) is 0 Å². The van der Waals surface area contributed by atoms with Gasteiger partial charge in [-0.1, -0.05) is 37.5 Å². The summed E-state index contributed by atoms with van der Waals surface area (Å²) < 4.78 is 1.72. The highest BCUT2D eigenvalue weighted by Gasteiger charge is 2.14. The molecule has 0 amide bonds. The van der Waals surface area contributed by atoms with Crippen LogP contribution in [0.4, 0.5) is 17.6 Å². The number of fused-ring (bicyclic) bond motifs is 1. The molecule has 24 heavy (non-hydrogen) atoms. The van der Waals surface area contributed by atoms with Gasteiger partial charge in [-0.05, 0) is 30.9 Å². The Hall–Kier alpha value is -2.63. The molecule has 0 bridgehead atoms. The molecular formula is C18H22N6. The van der Waals surface area contributed by atoms with Crippen LogP contribution < -0.4 is 10.6 Å². The third-order valence-corrected chi connectivity index (χ3v) is 4.56. The van der Waals surface area contributed by atoms with E-state index in [1.54, 1.807) is 10.7 Å².